The largest absolute Gasteiger partial charge is 0.433 e. The Balaban J connectivity index is 1.88. The Labute approximate surface area is 173 Å². The maximum atomic E-state index is 12.7. The number of carbonyl (C=O) groups is 1. The number of nitrogens with one attached hydrogen (secondary N) is 1. The number of pyridine rings is 2. The van der Waals surface area contributed by atoms with E-state index in [1.54, 1.807) is 18.3 Å². The summed E-state index contributed by atoms with van der Waals surface area (Å²) in [4.78, 5) is 20.4. The number of nitrogens with zero attached hydrogens (tertiary/aromatic N) is 2. The topological polar surface area (TPSA) is 54.9 Å². The van der Waals surface area contributed by atoms with E-state index in [1.807, 2.05) is 25.1 Å². The van der Waals surface area contributed by atoms with Crippen molar-refractivity contribution in [1.29, 1.82) is 0 Å². The molecule has 1 amide bonds. The van der Waals surface area contributed by atoms with Crippen molar-refractivity contribution in [2.45, 2.75) is 20.0 Å². The van der Waals surface area contributed by atoms with Crippen LogP contribution < -0.4 is 5.32 Å². The standard InChI is InChI=1S/C20H15F3IN3O/c1-11-7-8-25-17(9-11)15-10-13(3-5-16(15)24)27-19(28)14-4-6-18(20(21,22)23)26-12(14)2/h3-10H,1-2H3,(H,27,28). The average Bonchev–Trinajstić information content (AvgIpc) is 2.62. The maximum absolute atomic E-state index is 12.7. The van der Waals surface area contributed by atoms with Crippen molar-refractivity contribution >= 4 is 34.2 Å². The van der Waals surface area contributed by atoms with Crippen molar-refractivity contribution < 1.29 is 18.0 Å². The van der Waals surface area contributed by atoms with Gasteiger partial charge >= 0.3 is 6.18 Å². The van der Waals surface area contributed by atoms with Gasteiger partial charge in [0.2, 0.25) is 0 Å². The number of alkyl halides is 3. The Morgan fingerprint density at radius 3 is 2.46 bits per heavy atom. The minimum atomic E-state index is -4.55. The molecule has 0 spiro atoms. The molecule has 0 aliphatic heterocycles. The predicted molar refractivity (Wildman–Crippen MR) is 109 cm³/mol. The van der Waals surface area contributed by atoms with Crippen molar-refractivity contribution in [3.63, 3.8) is 0 Å². The van der Waals surface area contributed by atoms with Gasteiger partial charge in [-0.1, -0.05) is 0 Å². The fourth-order valence-electron chi connectivity index (χ4n) is 2.64. The highest BCUT2D eigenvalue weighted by atomic mass is 127. The van der Waals surface area contributed by atoms with Gasteiger partial charge in [-0.25, -0.2) is 4.98 Å². The summed E-state index contributed by atoms with van der Waals surface area (Å²) < 4.78 is 39.2. The van der Waals surface area contributed by atoms with Crippen LogP contribution in [0.2, 0.25) is 0 Å². The van der Waals surface area contributed by atoms with Crippen LogP contribution in [0.15, 0.2) is 48.7 Å². The minimum absolute atomic E-state index is 0.0124. The van der Waals surface area contributed by atoms with E-state index >= 15 is 0 Å². The summed E-state index contributed by atoms with van der Waals surface area (Å²) >= 11 is 2.18. The van der Waals surface area contributed by atoms with E-state index in [1.165, 1.54) is 6.92 Å². The molecule has 0 saturated heterocycles. The molecule has 0 radical (unpaired) electrons. The number of amides is 1. The highest BCUT2D eigenvalue weighted by Gasteiger charge is 2.33. The van der Waals surface area contributed by atoms with Crippen LogP contribution in [0.4, 0.5) is 18.9 Å². The van der Waals surface area contributed by atoms with Crippen LogP contribution in [0, 0.1) is 17.4 Å². The summed E-state index contributed by atoms with van der Waals surface area (Å²) in [5.41, 5.74) is 2.27. The van der Waals surface area contributed by atoms with E-state index in [0.717, 1.165) is 32.5 Å². The van der Waals surface area contributed by atoms with Crippen LogP contribution in [0.25, 0.3) is 11.3 Å². The van der Waals surface area contributed by atoms with E-state index in [-0.39, 0.29) is 11.3 Å². The van der Waals surface area contributed by atoms with Crippen LogP contribution in [0.1, 0.15) is 27.3 Å². The number of aryl methyl sites for hydroxylation is 2. The lowest BCUT2D eigenvalue weighted by Crippen LogP contribution is -2.16. The van der Waals surface area contributed by atoms with Crippen molar-refractivity contribution in [3.05, 3.63) is 74.7 Å². The van der Waals surface area contributed by atoms with Gasteiger partial charge in [-0.15, -0.1) is 0 Å². The zero-order valence-corrected chi connectivity index (χ0v) is 17.1. The lowest BCUT2D eigenvalue weighted by Gasteiger charge is -2.12. The molecule has 8 heteroatoms. The van der Waals surface area contributed by atoms with Crippen LogP contribution in [0.5, 0.6) is 0 Å². The Bertz CT molecular complexity index is 1050. The molecule has 1 N–H and O–H groups in total. The molecule has 3 rings (SSSR count). The molecular weight excluding hydrogens is 482 g/mol. The highest BCUT2D eigenvalue weighted by Crippen LogP contribution is 2.29. The molecule has 0 fully saturated rings. The normalized spacial score (nSPS) is 11.4. The zero-order chi connectivity index (χ0) is 20.5. The smallest absolute Gasteiger partial charge is 0.322 e. The molecule has 0 aliphatic rings. The summed E-state index contributed by atoms with van der Waals surface area (Å²) in [7, 11) is 0. The van der Waals surface area contributed by atoms with Crippen LogP contribution in [-0.4, -0.2) is 15.9 Å². The molecule has 1 aromatic carbocycles. The van der Waals surface area contributed by atoms with Crippen LogP contribution in [-0.2, 0) is 6.18 Å². The molecule has 2 heterocycles. The third-order valence-electron chi connectivity index (χ3n) is 4.04. The first kappa shape index (κ1) is 20.2. The second-order valence-corrected chi connectivity index (χ2v) is 7.36. The van der Waals surface area contributed by atoms with E-state index < -0.39 is 17.8 Å². The summed E-state index contributed by atoms with van der Waals surface area (Å²) in [6.45, 7) is 3.34. The molecule has 2 aromatic heterocycles. The van der Waals surface area contributed by atoms with Crippen molar-refractivity contribution in [2.75, 3.05) is 5.32 Å². The molecule has 28 heavy (non-hydrogen) atoms. The number of rotatable bonds is 3. The molecule has 0 aliphatic carbocycles. The van der Waals surface area contributed by atoms with Gasteiger partial charge in [0.05, 0.1) is 17.0 Å². The molecule has 0 atom stereocenters. The fourth-order valence-corrected chi connectivity index (χ4v) is 3.25. The monoisotopic (exact) mass is 497 g/mol. The first-order valence-electron chi connectivity index (χ1n) is 8.24. The molecule has 0 unspecified atom stereocenters. The molecule has 0 bridgehead atoms. The van der Waals surface area contributed by atoms with Crippen molar-refractivity contribution in [3.8, 4) is 11.3 Å². The number of hydrogen-bond donors (Lipinski definition) is 1. The lowest BCUT2D eigenvalue weighted by molar-refractivity contribution is -0.141. The van der Waals surface area contributed by atoms with Crippen molar-refractivity contribution in [1.82, 2.24) is 9.97 Å². The van der Waals surface area contributed by atoms with E-state index in [0.29, 0.717) is 5.69 Å². The number of carbonyl (C=O) groups excluding carboxylic acids is 1. The minimum Gasteiger partial charge on any atom is -0.322 e. The summed E-state index contributed by atoms with van der Waals surface area (Å²) in [6, 6.07) is 11.1. The molecule has 3 aromatic rings. The zero-order valence-electron chi connectivity index (χ0n) is 14.9. The summed E-state index contributed by atoms with van der Waals surface area (Å²) in [5, 5.41) is 2.72. The number of anilines is 1. The molecule has 4 nitrogen and oxygen atoms in total. The Morgan fingerprint density at radius 2 is 1.82 bits per heavy atom. The van der Waals surface area contributed by atoms with Gasteiger partial charge in [0.15, 0.2) is 0 Å². The third-order valence-corrected chi connectivity index (χ3v) is 4.98. The number of aromatic nitrogens is 2. The second kappa shape index (κ2) is 7.86. The van der Waals surface area contributed by atoms with Gasteiger partial charge in [-0.2, -0.15) is 13.2 Å². The van der Waals surface area contributed by atoms with Gasteiger partial charge in [-0.05, 0) is 84.5 Å². The molecular formula is C20H15F3IN3O. The van der Waals surface area contributed by atoms with E-state index in [9.17, 15) is 18.0 Å². The fraction of sp³-hybridized carbons (Fsp3) is 0.150. The van der Waals surface area contributed by atoms with E-state index in [2.05, 4.69) is 37.9 Å². The summed E-state index contributed by atoms with van der Waals surface area (Å²) in [5.74, 6) is -0.525. The predicted octanol–water partition coefficient (Wildman–Crippen LogP) is 5.64. The molecule has 0 saturated carbocycles. The number of benzene rings is 1. The second-order valence-electron chi connectivity index (χ2n) is 6.19. The first-order chi connectivity index (χ1) is 13.1. The highest BCUT2D eigenvalue weighted by molar-refractivity contribution is 14.1. The van der Waals surface area contributed by atoms with Gasteiger partial charge in [0, 0.05) is 21.0 Å². The van der Waals surface area contributed by atoms with Gasteiger partial charge in [0.25, 0.3) is 5.91 Å². The Kier molecular flexibility index (Phi) is 5.69. The Morgan fingerprint density at radius 1 is 1.07 bits per heavy atom. The maximum Gasteiger partial charge on any atom is 0.433 e. The van der Waals surface area contributed by atoms with Crippen molar-refractivity contribution in [2.24, 2.45) is 0 Å². The Hall–Kier alpha value is -2.49. The van der Waals surface area contributed by atoms with Crippen LogP contribution in [0.3, 0.4) is 0 Å². The van der Waals surface area contributed by atoms with E-state index in [4.69, 9.17) is 0 Å². The summed E-state index contributed by atoms with van der Waals surface area (Å²) in [6.07, 6.45) is -2.84. The average molecular weight is 497 g/mol. The number of halogens is 4. The SMILES string of the molecule is Cc1ccnc(-c2cc(NC(=O)c3ccc(C(F)(F)F)nc3C)ccc2I)c1. The van der Waals surface area contributed by atoms with Crippen LogP contribution >= 0.6 is 22.6 Å². The van der Waals surface area contributed by atoms with Gasteiger partial charge < -0.3 is 5.32 Å². The third kappa shape index (κ3) is 4.49. The first-order valence-corrected chi connectivity index (χ1v) is 9.32. The van der Waals surface area contributed by atoms with Gasteiger partial charge in [-0.3, -0.25) is 9.78 Å². The number of hydrogen-bond acceptors (Lipinski definition) is 3. The van der Waals surface area contributed by atoms with Gasteiger partial charge in [0.1, 0.15) is 5.69 Å². The molecule has 144 valence electrons. The lowest BCUT2D eigenvalue weighted by atomic mass is 10.1. The quantitative estimate of drug-likeness (QED) is 0.477.